The number of nitrogens with zero attached hydrogens (tertiary/aromatic N) is 2. The molecular weight excluding hydrogens is 759 g/mol. The van der Waals surface area contributed by atoms with Crippen LogP contribution in [0.1, 0.15) is 50.5 Å². The standard InChI is InChI=1S/C52H45N5O4/c1-5-59-38-18-10-34(11-19-38)50-43-26-24-41(54-43)49(33-8-16-37(17-9-33)53-32(4)58)42-25-27-44(55-42)51(35-12-20-39(21-13-35)60-6-2)46-29-31-48(57-46)52(47-30-28-45(50)56-47)36-14-22-40(23-15-36)61-7-3/h8-31,54,57H,5-7H2,1-4H3,(H,53,58). The van der Waals surface area contributed by atoms with Gasteiger partial charge < -0.3 is 29.5 Å². The number of carbonyl (C=O) groups excluding carboxylic acids is 1. The van der Waals surface area contributed by atoms with E-state index in [1.807, 2.05) is 81.4 Å². The van der Waals surface area contributed by atoms with Crippen LogP contribution < -0.4 is 19.5 Å². The van der Waals surface area contributed by atoms with Crippen LogP contribution in [0.3, 0.4) is 0 Å². The summed E-state index contributed by atoms with van der Waals surface area (Å²) in [5, 5.41) is 2.90. The zero-order valence-corrected chi connectivity index (χ0v) is 34.5. The maximum absolute atomic E-state index is 11.9. The molecule has 0 unspecified atom stereocenters. The monoisotopic (exact) mass is 803 g/mol. The molecule has 0 saturated heterocycles. The molecule has 8 bridgehead atoms. The molecule has 302 valence electrons. The van der Waals surface area contributed by atoms with Gasteiger partial charge in [0.1, 0.15) is 17.2 Å². The number of rotatable bonds is 11. The van der Waals surface area contributed by atoms with Gasteiger partial charge in [-0.25, -0.2) is 9.97 Å². The molecule has 2 aliphatic heterocycles. The van der Waals surface area contributed by atoms with E-state index in [1.165, 1.54) is 6.92 Å². The maximum atomic E-state index is 11.9. The van der Waals surface area contributed by atoms with E-state index in [4.69, 9.17) is 24.2 Å². The fourth-order valence-electron chi connectivity index (χ4n) is 8.00. The SMILES string of the molecule is CCOc1ccc(-c2c3nc(c(-c4ccc(OCC)cc4)c4ccc([nH]4)c(-c4ccc(OCC)cc4)c4nc(c(-c5ccc(NC(C)=O)cc5)c5ccc2[nH]5)C=C4)C=C3)cc1. The number of benzene rings is 4. The topological polar surface area (TPSA) is 114 Å². The van der Waals surface area contributed by atoms with Gasteiger partial charge in [-0.3, -0.25) is 4.79 Å². The number of aromatic nitrogens is 4. The van der Waals surface area contributed by atoms with Crippen LogP contribution in [-0.4, -0.2) is 45.7 Å². The lowest BCUT2D eigenvalue weighted by molar-refractivity contribution is -0.114. The number of carbonyl (C=O) groups is 1. The molecule has 0 aliphatic carbocycles. The smallest absolute Gasteiger partial charge is 0.221 e. The van der Waals surface area contributed by atoms with Crippen LogP contribution in [0.25, 0.3) is 90.9 Å². The second kappa shape index (κ2) is 16.9. The second-order valence-corrected chi connectivity index (χ2v) is 14.6. The summed E-state index contributed by atoms with van der Waals surface area (Å²) in [5.74, 6) is 2.28. The van der Waals surface area contributed by atoms with E-state index in [-0.39, 0.29) is 5.91 Å². The molecule has 3 N–H and O–H groups in total. The van der Waals surface area contributed by atoms with Crippen molar-refractivity contribution in [3.05, 3.63) is 144 Å². The van der Waals surface area contributed by atoms with Gasteiger partial charge in [-0.1, -0.05) is 48.5 Å². The number of aromatic amines is 2. The first-order valence-electron chi connectivity index (χ1n) is 20.6. The molecule has 0 atom stereocenters. The summed E-state index contributed by atoms with van der Waals surface area (Å²) in [5.41, 5.74) is 15.1. The molecule has 61 heavy (non-hydrogen) atoms. The van der Waals surface area contributed by atoms with Crippen LogP contribution in [0.5, 0.6) is 17.2 Å². The summed E-state index contributed by atoms with van der Waals surface area (Å²) in [4.78, 5) is 30.4. The van der Waals surface area contributed by atoms with Gasteiger partial charge in [0, 0.05) is 56.9 Å². The van der Waals surface area contributed by atoms with E-state index in [0.29, 0.717) is 25.5 Å². The Kier molecular flexibility index (Phi) is 10.8. The third-order valence-electron chi connectivity index (χ3n) is 10.6. The number of amides is 1. The fraction of sp³-hybridized carbons (Fsp3) is 0.135. The van der Waals surface area contributed by atoms with Crippen LogP contribution in [0, 0.1) is 0 Å². The Labute approximate surface area is 354 Å². The molecule has 7 aromatic rings. The van der Waals surface area contributed by atoms with E-state index < -0.39 is 0 Å². The summed E-state index contributed by atoms with van der Waals surface area (Å²) < 4.78 is 17.5. The van der Waals surface area contributed by atoms with Crippen molar-refractivity contribution in [2.45, 2.75) is 27.7 Å². The number of anilines is 1. The molecule has 0 spiro atoms. The van der Waals surface area contributed by atoms with Crippen molar-refractivity contribution in [1.29, 1.82) is 0 Å². The van der Waals surface area contributed by atoms with Crippen LogP contribution in [0.2, 0.25) is 0 Å². The van der Waals surface area contributed by atoms with Crippen molar-refractivity contribution in [1.82, 2.24) is 19.9 Å². The van der Waals surface area contributed by atoms with Crippen molar-refractivity contribution in [3.8, 4) is 61.8 Å². The van der Waals surface area contributed by atoms with Crippen LogP contribution >= 0.6 is 0 Å². The summed E-state index contributed by atoms with van der Waals surface area (Å²) in [6.45, 7) is 9.20. The van der Waals surface area contributed by atoms with Crippen LogP contribution in [0.15, 0.2) is 121 Å². The molecule has 9 nitrogen and oxygen atoms in total. The van der Waals surface area contributed by atoms with Crippen molar-refractivity contribution in [2.24, 2.45) is 0 Å². The lowest BCUT2D eigenvalue weighted by Crippen LogP contribution is -2.05. The molecule has 0 fully saturated rings. The van der Waals surface area contributed by atoms with Gasteiger partial charge in [0.05, 0.1) is 42.6 Å². The number of nitrogens with one attached hydrogen (secondary N) is 3. The molecule has 2 aliphatic rings. The zero-order valence-electron chi connectivity index (χ0n) is 34.5. The molecule has 3 aromatic heterocycles. The number of H-pyrrole nitrogens is 2. The summed E-state index contributed by atoms with van der Waals surface area (Å²) in [6.07, 6.45) is 8.33. The molecule has 5 heterocycles. The Morgan fingerprint density at radius 3 is 0.984 bits per heavy atom. The number of hydrogen-bond donors (Lipinski definition) is 3. The average molecular weight is 804 g/mol. The van der Waals surface area contributed by atoms with Gasteiger partial charge in [0.15, 0.2) is 0 Å². The lowest BCUT2D eigenvalue weighted by atomic mass is 10.0. The first-order valence-corrected chi connectivity index (χ1v) is 20.6. The first kappa shape index (κ1) is 38.8. The summed E-state index contributed by atoms with van der Waals surface area (Å²) >= 11 is 0. The van der Waals surface area contributed by atoms with Crippen molar-refractivity contribution in [2.75, 3.05) is 25.1 Å². The normalized spacial score (nSPS) is 11.7. The number of ether oxygens (including phenoxy) is 3. The van der Waals surface area contributed by atoms with Gasteiger partial charge in [0.25, 0.3) is 0 Å². The predicted molar refractivity (Wildman–Crippen MR) is 248 cm³/mol. The second-order valence-electron chi connectivity index (χ2n) is 14.6. The molecule has 9 rings (SSSR count). The van der Waals surface area contributed by atoms with Gasteiger partial charge in [-0.05, 0) is 140 Å². The quantitative estimate of drug-likeness (QED) is 0.120. The lowest BCUT2D eigenvalue weighted by Gasteiger charge is -2.09. The Morgan fingerprint density at radius 2 is 0.721 bits per heavy atom. The van der Waals surface area contributed by atoms with Gasteiger partial charge in [-0.15, -0.1) is 0 Å². The van der Waals surface area contributed by atoms with Gasteiger partial charge in [0.2, 0.25) is 5.91 Å². The van der Waals surface area contributed by atoms with Crippen molar-refractivity contribution >= 4 is 58.0 Å². The molecule has 0 radical (unpaired) electrons. The highest BCUT2D eigenvalue weighted by molar-refractivity contribution is 6.00. The van der Waals surface area contributed by atoms with Crippen LogP contribution in [0.4, 0.5) is 5.69 Å². The number of fused-ring (bicyclic) bond motifs is 8. The Morgan fingerprint density at radius 1 is 0.443 bits per heavy atom. The molecule has 0 saturated carbocycles. The predicted octanol–water partition coefficient (Wildman–Crippen LogP) is 12.5. The minimum Gasteiger partial charge on any atom is -0.494 e. The minimum atomic E-state index is -0.128. The highest BCUT2D eigenvalue weighted by Crippen LogP contribution is 2.39. The summed E-state index contributed by atoms with van der Waals surface area (Å²) in [6, 6.07) is 40.8. The van der Waals surface area contributed by atoms with Crippen molar-refractivity contribution in [3.63, 3.8) is 0 Å². The highest BCUT2D eigenvalue weighted by Gasteiger charge is 2.19. The van der Waals surface area contributed by atoms with E-state index in [2.05, 4.69) is 100 Å². The fourth-order valence-corrected chi connectivity index (χ4v) is 8.00. The van der Waals surface area contributed by atoms with E-state index in [0.717, 1.165) is 107 Å². The Hall–Kier alpha value is -7.65. The molecular formula is C52H45N5O4. The largest absolute Gasteiger partial charge is 0.494 e. The van der Waals surface area contributed by atoms with Crippen molar-refractivity contribution < 1.29 is 19.0 Å². The van der Waals surface area contributed by atoms with E-state index >= 15 is 0 Å². The Balaban J connectivity index is 1.39. The zero-order chi connectivity index (χ0) is 41.9. The summed E-state index contributed by atoms with van der Waals surface area (Å²) in [7, 11) is 0. The highest BCUT2D eigenvalue weighted by atomic mass is 16.5. The maximum Gasteiger partial charge on any atom is 0.221 e. The minimum absolute atomic E-state index is 0.128. The third kappa shape index (κ3) is 7.93. The average Bonchev–Trinajstić information content (AvgIpc) is 4.12. The molecule has 9 heteroatoms. The molecule has 1 amide bonds. The number of hydrogen-bond acceptors (Lipinski definition) is 6. The van der Waals surface area contributed by atoms with Gasteiger partial charge in [-0.2, -0.15) is 0 Å². The van der Waals surface area contributed by atoms with Gasteiger partial charge >= 0.3 is 0 Å². The Bertz CT molecular complexity index is 2930. The van der Waals surface area contributed by atoms with E-state index in [9.17, 15) is 4.79 Å². The van der Waals surface area contributed by atoms with Crippen LogP contribution in [-0.2, 0) is 4.79 Å². The first-order chi connectivity index (χ1) is 29.9. The third-order valence-corrected chi connectivity index (χ3v) is 10.6. The molecule has 4 aromatic carbocycles. The van der Waals surface area contributed by atoms with E-state index in [1.54, 1.807) is 0 Å².